The average molecular weight is 497 g/mol. The molecule has 1 fully saturated rings. The van der Waals surface area contributed by atoms with Gasteiger partial charge in [-0.15, -0.1) is 0 Å². The summed E-state index contributed by atoms with van der Waals surface area (Å²) in [5.41, 5.74) is 1.04. The van der Waals surface area contributed by atoms with Crippen molar-refractivity contribution in [3.8, 4) is 0 Å². The van der Waals surface area contributed by atoms with E-state index >= 15 is 0 Å². The Bertz CT molecular complexity index is 708. The summed E-state index contributed by atoms with van der Waals surface area (Å²) >= 11 is 0. The average Bonchev–Trinajstić information content (AvgIpc) is 3.04. The summed E-state index contributed by atoms with van der Waals surface area (Å²) in [4.78, 5) is 0. The molecule has 0 aromatic heterocycles. The first-order valence-electron chi connectivity index (χ1n) is 13.2. The van der Waals surface area contributed by atoms with Crippen molar-refractivity contribution in [2.45, 2.75) is 129 Å². The van der Waals surface area contributed by atoms with E-state index in [9.17, 15) is 0 Å². The van der Waals surface area contributed by atoms with Gasteiger partial charge < -0.3 is 18.3 Å². The molecule has 1 saturated heterocycles. The van der Waals surface area contributed by atoms with Crippen LogP contribution in [0.2, 0.25) is 36.3 Å². The zero-order valence-electron chi connectivity index (χ0n) is 23.5. The van der Waals surface area contributed by atoms with Crippen LogP contribution in [-0.2, 0) is 18.3 Å². The summed E-state index contributed by atoms with van der Waals surface area (Å²) < 4.78 is 25.9. The van der Waals surface area contributed by atoms with E-state index in [1.807, 2.05) is 13.8 Å². The topological polar surface area (TPSA) is 36.9 Å². The van der Waals surface area contributed by atoms with Gasteiger partial charge in [0.15, 0.2) is 14.1 Å². The fourth-order valence-electron chi connectivity index (χ4n) is 4.85. The van der Waals surface area contributed by atoms with Crippen LogP contribution >= 0.6 is 0 Å². The van der Waals surface area contributed by atoms with Crippen LogP contribution < -0.4 is 0 Å². The van der Waals surface area contributed by atoms with Crippen molar-refractivity contribution in [1.82, 2.24) is 0 Å². The number of hydrogen-bond acceptors (Lipinski definition) is 4. The molecule has 2 aliphatic rings. The van der Waals surface area contributed by atoms with E-state index in [0.717, 1.165) is 25.9 Å². The minimum atomic E-state index is -1.72. The highest BCUT2D eigenvalue weighted by molar-refractivity contribution is 6.74. The molecule has 0 N–H and O–H groups in total. The molecule has 0 unspecified atom stereocenters. The Labute approximate surface area is 206 Å². The normalized spacial score (nSPS) is 26.6. The van der Waals surface area contributed by atoms with Crippen LogP contribution in [0.25, 0.3) is 0 Å². The van der Waals surface area contributed by atoms with Gasteiger partial charge in [-0.1, -0.05) is 53.2 Å². The first kappa shape index (κ1) is 28.8. The number of rotatable bonds is 10. The Hall–Kier alpha value is -0.406. The summed E-state index contributed by atoms with van der Waals surface area (Å²) in [7, 11) is -3.41. The Kier molecular flexibility index (Phi) is 9.34. The molecular weight excluding hydrogens is 444 g/mol. The van der Waals surface area contributed by atoms with Gasteiger partial charge in [0.25, 0.3) is 0 Å². The third-order valence-corrected chi connectivity index (χ3v) is 17.6. The molecule has 1 aliphatic heterocycles. The summed E-state index contributed by atoms with van der Waals surface area (Å²) in [6.45, 7) is 26.1. The number of allylic oxidation sites excluding steroid dienone is 1. The van der Waals surface area contributed by atoms with Gasteiger partial charge in [0.05, 0.1) is 12.4 Å². The monoisotopic (exact) mass is 496 g/mol. The van der Waals surface area contributed by atoms with E-state index in [2.05, 4.69) is 73.7 Å². The lowest BCUT2D eigenvalue weighted by Gasteiger charge is -2.41. The van der Waals surface area contributed by atoms with Crippen LogP contribution in [0.3, 0.4) is 0 Å². The Balaban J connectivity index is 2.23. The van der Waals surface area contributed by atoms with E-state index in [1.165, 1.54) is 29.5 Å². The molecule has 0 saturated carbocycles. The van der Waals surface area contributed by atoms with E-state index in [1.54, 1.807) is 0 Å². The van der Waals surface area contributed by atoms with Gasteiger partial charge in [-0.25, -0.2) is 0 Å². The van der Waals surface area contributed by atoms with Crippen molar-refractivity contribution in [3.63, 3.8) is 0 Å². The van der Waals surface area contributed by atoms with Gasteiger partial charge in [0, 0.05) is 18.9 Å². The Morgan fingerprint density at radius 2 is 1.76 bits per heavy atom. The lowest BCUT2D eigenvalue weighted by molar-refractivity contribution is -0.170. The third-order valence-electron chi connectivity index (χ3n) is 8.45. The molecule has 1 heterocycles. The highest BCUT2D eigenvalue weighted by Crippen LogP contribution is 2.47. The molecule has 33 heavy (non-hydrogen) atoms. The van der Waals surface area contributed by atoms with Crippen LogP contribution in [0.15, 0.2) is 23.5 Å². The summed E-state index contributed by atoms with van der Waals surface area (Å²) in [6, 6.07) is 3.50. The zero-order chi connectivity index (χ0) is 25.1. The first-order valence-corrected chi connectivity index (χ1v) is 18.6. The maximum atomic E-state index is 6.83. The minimum absolute atomic E-state index is 0.174. The third kappa shape index (κ3) is 6.84. The van der Waals surface area contributed by atoms with Crippen LogP contribution in [0, 0.1) is 5.92 Å². The SMILES string of the molecule is CC[Si](CC)(CC)OC1=C[C@H](/C(C)=C/CCO[Si](C)(C)C(C)(C)C)[C@@]2(CC1)COC(C)(C)O2. The molecule has 0 aromatic rings. The summed E-state index contributed by atoms with van der Waals surface area (Å²) in [5, 5.41) is 0.239. The quantitative estimate of drug-likeness (QED) is 0.173. The van der Waals surface area contributed by atoms with Gasteiger partial charge in [-0.3, -0.25) is 0 Å². The smallest absolute Gasteiger partial charge is 0.250 e. The molecule has 0 radical (unpaired) electrons. The maximum Gasteiger partial charge on any atom is 0.250 e. The predicted octanol–water partition coefficient (Wildman–Crippen LogP) is 8.18. The second-order valence-electron chi connectivity index (χ2n) is 12.2. The second kappa shape index (κ2) is 10.7. The second-order valence-corrected chi connectivity index (χ2v) is 21.7. The molecule has 1 spiro atoms. The van der Waals surface area contributed by atoms with Crippen molar-refractivity contribution in [1.29, 1.82) is 0 Å². The molecule has 2 rings (SSSR count). The highest BCUT2D eigenvalue weighted by atomic mass is 28.4. The van der Waals surface area contributed by atoms with E-state index < -0.39 is 22.4 Å². The van der Waals surface area contributed by atoms with Crippen LogP contribution in [-0.4, -0.2) is 41.2 Å². The molecule has 0 amide bonds. The van der Waals surface area contributed by atoms with Gasteiger partial charge in [-0.2, -0.15) is 0 Å². The van der Waals surface area contributed by atoms with Gasteiger partial charge in [0.1, 0.15) is 5.60 Å². The molecule has 192 valence electrons. The van der Waals surface area contributed by atoms with Crippen molar-refractivity contribution >= 4 is 16.6 Å². The van der Waals surface area contributed by atoms with Gasteiger partial charge in [0.2, 0.25) is 8.32 Å². The number of ether oxygens (including phenoxy) is 2. The van der Waals surface area contributed by atoms with Crippen molar-refractivity contribution in [2.24, 2.45) is 5.92 Å². The minimum Gasteiger partial charge on any atom is -0.547 e. The van der Waals surface area contributed by atoms with Gasteiger partial charge in [-0.05, 0) is 76.0 Å². The van der Waals surface area contributed by atoms with Gasteiger partial charge >= 0.3 is 0 Å². The molecular formula is C27H52O4Si2. The van der Waals surface area contributed by atoms with E-state index in [4.69, 9.17) is 18.3 Å². The Morgan fingerprint density at radius 3 is 2.24 bits per heavy atom. The first-order chi connectivity index (χ1) is 15.1. The molecule has 4 nitrogen and oxygen atoms in total. The van der Waals surface area contributed by atoms with Crippen molar-refractivity contribution in [3.05, 3.63) is 23.5 Å². The Morgan fingerprint density at radius 1 is 1.15 bits per heavy atom. The fourth-order valence-corrected chi connectivity index (χ4v) is 8.57. The van der Waals surface area contributed by atoms with Crippen LogP contribution in [0.4, 0.5) is 0 Å². The molecule has 6 heteroatoms. The lowest BCUT2D eigenvalue weighted by Crippen LogP contribution is -2.45. The molecule has 1 aliphatic carbocycles. The summed E-state index contributed by atoms with van der Waals surface area (Å²) in [6.07, 6.45) is 7.54. The van der Waals surface area contributed by atoms with Crippen molar-refractivity contribution in [2.75, 3.05) is 13.2 Å². The van der Waals surface area contributed by atoms with E-state index in [0.29, 0.717) is 6.61 Å². The standard InChI is InChI=1S/C27H52O4Si2/c1-12-33(13-2,14-3)30-23-17-18-27(21-28-26(8,9)31-27)24(20-23)22(4)16-15-19-29-32(10,11)25(5,6)7/h16,20,24H,12-15,17-19,21H2,1-11H3/b22-16+/t24-,27-/m1/s1. The fraction of sp³-hybridized carbons (Fsp3) is 0.852. The van der Waals surface area contributed by atoms with Crippen molar-refractivity contribution < 1.29 is 18.3 Å². The highest BCUT2D eigenvalue weighted by Gasteiger charge is 2.52. The van der Waals surface area contributed by atoms with Crippen LogP contribution in [0.1, 0.15) is 81.6 Å². The molecule has 0 aromatic carbocycles. The van der Waals surface area contributed by atoms with Crippen LogP contribution in [0.5, 0.6) is 0 Å². The lowest BCUT2D eigenvalue weighted by atomic mass is 9.75. The molecule has 0 bridgehead atoms. The van der Waals surface area contributed by atoms with E-state index in [-0.39, 0.29) is 16.6 Å². The largest absolute Gasteiger partial charge is 0.547 e. The predicted molar refractivity (Wildman–Crippen MR) is 144 cm³/mol. The maximum absolute atomic E-state index is 6.83. The summed E-state index contributed by atoms with van der Waals surface area (Å²) in [5.74, 6) is 0.819. The number of hydrogen-bond donors (Lipinski definition) is 0. The zero-order valence-corrected chi connectivity index (χ0v) is 25.5. The molecule has 2 atom stereocenters.